The monoisotopic (exact) mass is 212 g/mol. The fourth-order valence-corrected chi connectivity index (χ4v) is 2.01. The predicted molar refractivity (Wildman–Crippen MR) is 53.9 cm³/mol. The molecule has 0 spiro atoms. The van der Waals surface area contributed by atoms with Crippen molar-refractivity contribution in [3.8, 4) is 0 Å². The number of carbonyl (C=O) groups excluding carboxylic acids is 1. The van der Waals surface area contributed by atoms with Gasteiger partial charge in [0.1, 0.15) is 5.00 Å². The number of hydrogen-bond donors (Lipinski definition) is 2. The van der Waals surface area contributed by atoms with Gasteiger partial charge in [0.2, 0.25) is 5.91 Å². The minimum absolute atomic E-state index is 0.0114. The summed E-state index contributed by atoms with van der Waals surface area (Å²) in [7, 11) is 0. The van der Waals surface area contributed by atoms with Crippen molar-refractivity contribution in [2.45, 2.75) is 19.3 Å². The molecule has 2 rings (SSSR count). The van der Waals surface area contributed by atoms with Crippen molar-refractivity contribution in [2.24, 2.45) is 11.1 Å². The third kappa shape index (κ3) is 1.51. The zero-order chi connectivity index (χ0) is 10.0. The summed E-state index contributed by atoms with van der Waals surface area (Å²) in [6.45, 7) is 0.422. The minimum Gasteiger partial charge on any atom is -0.329 e. The van der Waals surface area contributed by atoms with E-state index in [1.54, 1.807) is 6.20 Å². The quantitative estimate of drug-likeness (QED) is 0.769. The van der Waals surface area contributed by atoms with E-state index in [9.17, 15) is 4.79 Å². The number of anilines is 1. The van der Waals surface area contributed by atoms with Crippen LogP contribution in [0.5, 0.6) is 0 Å². The number of carbonyl (C=O) groups is 1. The molecule has 0 atom stereocenters. The first-order valence-electron chi connectivity index (χ1n) is 4.56. The van der Waals surface area contributed by atoms with E-state index in [4.69, 9.17) is 5.73 Å². The van der Waals surface area contributed by atoms with E-state index >= 15 is 0 Å². The first-order chi connectivity index (χ1) is 6.77. The van der Waals surface area contributed by atoms with E-state index in [-0.39, 0.29) is 11.3 Å². The molecule has 0 aromatic carbocycles. The molecule has 0 unspecified atom stereocenters. The molecule has 0 bridgehead atoms. The van der Waals surface area contributed by atoms with Crippen LogP contribution in [0.1, 0.15) is 19.3 Å². The lowest BCUT2D eigenvalue weighted by atomic mass is 9.68. The van der Waals surface area contributed by atoms with Crippen LogP contribution in [-0.2, 0) is 4.79 Å². The molecule has 1 saturated carbocycles. The van der Waals surface area contributed by atoms with Crippen molar-refractivity contribution in [2.75, 3.05) is 11.9 Å². The van der Waals surface area contributed by atoms with Gasteiger partial charge in [0.15, 0.2) is 0 Å². The van der Waals surface area contributed by atoms with E-state index in [0.29, 0.717) is 11.5 Å². The van der Waals surface area contributed by atoms with E-state index in [1.165, 1.54) is 11.5 Å². The van der Waals surface area contributed by atoms with Crippen molar-refractivity contribution in [1.82, 2.24) is 9.59 Å². The Morgan fingerprint density at radius 2 is 2.50 bits per heavy atom. The minimum atomic E-state index is -0.329. The van der Waals surface area contributed by atoms with Crippen molar-refractivity contribution in [3.05, 3.63) is 6.20 Å². The van der Waals surface area contributed by atoms with Crippen LogP contribution < -0.4 is 11.1 Å². The van der Waals surface area contributed by atoms with Gasteiger partial charge >= 0.3 is 0 Å². The average molecular weight is 212 g/mol. The van der Waals surface area contributed by atoms with Crippen LogP contribution in [-0.4, -0.2) is 22.0 Å². The lowest BCUT2D eigenvalue weighted by Gasteiger charge is -2.38. The Morgan fingerprint density at radius 3 is 2.93 bits per heavy atom. The lowest BCUT2D eigenvalue weighted by Crippen LogP contribution is -2.47. The summed E-state index contributed by atoms with van der Waals surface area (Å²) in [6, 6.07) is 0. The van der Waals surface area contributed by atoms with Gasteiger partial charge < -0.3 is 11.1 Å². The second-order valence-electron chi connectivity index (χ2n) is 3.57. The molecule has 1 amide bonds. The van der Waals surface area contributed by atoms with E-state index < -0.39 is 0 Å². The summed E-state index contributed by atoms with van der Waals surface area (Å²) in [6.07, 6.45) is 4.42. The molecule has 1 aromatic rings. The molecule has 0 saturated heterocycles. The molecule has 14 heavy (non-hydrogen) atoms. The fourth-order valence-electron chi connectivity index (χ4n) is 1.59. The van der Waals surface area contributed by atoms with Crippen LogP contribution in [0.15, 0.2) is 6.20 Å². The van der Waals surface area contributed by atoms with Crippen LogP contribution >= 0.6 is 11.5 Å². The van der Waals surface area contributed by atoms with Crippen LogP contribution in [0.3, 0.4) is 0 Å². The van der Waals surface area contributed by atoms with Gasteiger partial charge in [-0.1, -0.05) is 10.9 Å². The summed E-state index contributed by atoms with van der Waals surface area (Å²) in [4.78, 5) is 11.8. The lowest BCUT2D eigenvalue weighted by molar-refractivity contribution is -0.129. The van der Waals surface area contributed by atoms with Gasteiger partial charge in [0.25, 0.3) is 0 Å². The van der Waals surface area contributed by atoms with Crippen molar-refractivity contribution in [1.29, 1.82) is 0 Å². The summed E-state index contributed by atoms with van der Waals surface area (Å²) >= 11 is 1.18. The Morgan fingerprint density at radius 1 is 1.71 bits per heavy atom. The second kappa shape index (κ2) is 3.62. The predicted octanol–water partition coefficient (Wildman–Crippen LogP) is 0.606. The highest BCUT2D eigenvalue weighted by Gasteiger charge is 2.42. The first-order valence-corrected chi connectivity index (χ1v) is 5.33. The zero-order valence-corrected chi connectivity index (χ0v) is 8.51. The highest BCUT2D eigenvalue weighted by molar-refractivity contribution is 7.10. The Bertz CT molecular complexity index is 315. The van der Waals surface area contributed by atoms with Gasteiger partial charge in [-0.25, -0.2) is 0 Å². The maximum atomic E-state index is 11.8. The first kappa shape index (κ1) is 9.54. The summed E-state index contributed by atoms with van der Waals surface area (Å²) in [5.74, 6) is 0.0114. The average Bonchev–Trinajstić information content (AvgIpc) is 2.55. The van der Waals surface area contributed by atoms with E-state index in [0.717, 1.165) is 19.3 Å². The van der Waals surface area contributed by atoms with Crippen LogP contribution in [0, 0.1) is 5.41 Å². The summed E-state index contributed by atoms with van der Waals surface area (Å²) < 4.78 is 3.67. The Kier molecular flexibility index (Phi) is 2.47. The maximum Gasteiger partial charge on any atom is 0.232 e. The van der Waals surface area contributed by atoms with Gasteiger partial charge in [-0.15, -0.1) is 5.10 Å². The molecule has 76 valence electrons. The largest absolute Gasteiger partial charge is 0.329 e. The second-order valence-corrected chi connectivity index (χ2v) is 4.36. The van der Waals surface area contributed by atoms with Gasteiger partial charge in [0.05, 0.1) is 11.6 Å². The van der Waals surface area contributed by atoms with E-state index in [2.05, 4.69) is 14.9 Å². The number of nitrogens with one attached hydrogen (secondary N) is 1. The molecule has 1 fully saturated rings. The molecule has 1 heterocycles. The van der Waals surface area contributed by atoms with Gasteiger partial charge in [-0.05, 0) is 12.8 Å². The topological polar surface area (TPSA) is 80.9 Å². The summed E-state index contributed by atoms with van der Waals surface area (Å²) in [5.41, 5.74) is 5.28. The SMILES string of the molecule is NCC1(C(=O)Nc2cnns2)CCC1. The van der Waals surface area contributed by atoms with Crippen LogP contribution in [0.4, 0.5) is 5.00 Å². The molecule has 1 aromatic heterocycles. The molecule has 5 nitrogen and oxygen atoms in total. The van der Waals surface area contributed by atoms with Crippen molar-refractivity contribution in [3.63, 3.8) is 0 Å². The van der Waals surface area contributed by atoms with Crippen molar-refractivity contribution >= 4 is 22.4 Å². The molecule has 1 aliphatic carbocycles. The number of aromatic nitrogens is 2. The molecule has 3 N–H and O–H groups in total. The Labute approximate surface area is 85.9 Å². The molecule has 0 aliphatic heterocycles. The van der Waals surface area contributed by atoms with Crippen LogP contribution in [0.25, 0.3) is 0 Å². The van der Waals surface area contributed by atoms with Gasteiger partial charge in [-0.3, -0.25) is 4.79 Å². The summed E-state index contributed by atoms with van der Waals surface area (Å²) in [5, 5.41) is 7.13. The molecule has 6 heteroatoms. The Balaban J connectivity index is 2.01. The number of nitrogens with two attached hydrogens (primary N) is 1. The molecular formula is C8H12N4OS. The zero-order valence-electron chi connectivity index (χ0n) is 7.69. The highest BCUT2D eigenvalue weighted by Crippen LogP contribution is 2.40. The normalized spacial score (nSPS) is 18.6. The van der Waals surface area contributed by atoms with Crippen molar-refractivity contribution < 1.29 is 4.79 Å². The standard InChI is InChI=1S/C8H12N4OS/c9-5-8(2-1-3-8)7(13)11-6-4-10-12-14-6/h4H,1-3,5,9H2,(H,11,13). The smallest absolute Gasteiger partial charge is 0.232 e. The van der Waals surface area contributed by atoms with Gasteiger partial charge in [-0.2, -0.15) is 0 Å². The number of nitrogens with zero attached hydrogens (tertiary/aromatic N) is 2. The van der Waals surface area contributed by atoms with Gasteiger partial charge in [0, 0.05) is 18.1 Å². The van der Waals surface area contributed by atoms with E-state index in [1.807, 2.05) is 0 Å². The third-order valence-corrected chi connectivity index (χ3v) is 3.36. The third-order valence-electron chi connectivity index (χ3n) is 2.78. The Hall–Kier alpha value is -1.01. The molecule has 1 aliphatic rings. The number of amides is 1. The highest BCUT2D eigenvalue weighted by atomic mass is 32.1. The molecule has 0 radical (unpaired) electrons. The molecular weight excluding hydrogens is 200 g/mol. The fraction of sp³-hybridized carbons (Fsp3) is 0.625. The van der Waals surface area contributed by atoms with Crippen LogP contribution in [0.2, 0.25) is 0 Å². The number of rotatable bonds is 3. The number of hydrogen-bond acceptors (Lipinski definition) is 5. The maximum absolute atomic E-state index is 11.8.